The summed E-state index contributed by atoms with van der Waals surface area (Å²) in [7, 11) is 0. The lowest BCUT2D eigenvalue weighted by Crippen LogP contribution is -2.23. The Hall–Kier alpha value is -1.20. The molecule has 2 aromatic rings. The van der Waals surface area contributed by atoms with Gasteiger partial charge in [-0.3, -0.25) is 0 Å². The van der Waals surface area contributed by atoms with Gasteiger partial charge < -0.3 is 9.88 Å². The molecule has 0 radical (unpaired) electrons. The summed E-state index contributed by atoms with van der Waals surface area (Å²) in [6.07, 6.45) is 1.03. The van der Waals surface area contributed by atoms with Crippen molar-refractivity contribution < 1.29 is 0 Å². The summed E-state index contributed by atoms with van der Waals surface area (Å²) in [6, 6.07) is 8.66. The Labute approximate surface area is 128 Å². The van der Waals surface area contributed by atoms with Crippen LogP contribution in [-0.2, 0) is 13.1 Å². The van der Waals surface area contributed by atoms with E-state index in [0.29, 0.717) is 6.04 Å². The Kier molecular flexibility index (Phi) is 5.31. The number of halogens is 1. The standard InChI is InChI=1S/C15H21BrN4/c1-4-14(12-8-6-7-9-13(12)16)17-10-15-19-18-11(3)20(15)5-2/h6-9,14,17H,4-5,10H2,1-3H3/t14-/m1/s1. The van der Waals surface area contributed by atoms with E-state index < -0.39 is 0 Å². The molecule has 108 valence electrons. The van der Waals surface area contributed by atoms with Gasteiger partial charge in [-0.2, -0.15) is 0 Å². The van der Waals surface area contributed by atoms with Crippen LogP contribution in [0.3, 0.4) is 0 Å². The highest BCUT2D eigenvalue weighted by atomic mass is 79.9. The molecule has 1 atom stereocenters. The minimum absolute atomic E-state index is 0.313. The molecule has 20 heavy (non-hydrogen) atoms. The van der Waals surface area contributed by atoms with Crippen LogP contribution in [0.2, 0.25) is 0 Å². The van der Waals surface area contributed by atoms with Crippen LogP contribution in [0.4, 0.5) is 0 Å². The molecule has 1 heterocycles. The second-order valence-electron chi connectivity index (χ2n) is 4.77. The molecular formula is C15H21BrN4. The SMILES string of the molecule is CC[C@@H](NCc1nnc(C)n1CC)c1ccccc1Br. The molecule has 1 N–H and O–H groups in total. The van der Waals surface area contributed by atoms with E-state index in [1.807, 2.05) is 13.0 Å². The van der Waals surface area contributed by atoms with Crippen LogP contribution in [0.25, 0.3) is 0 Å². The average Bonchev–Trinajstić information content (AvgIpc) is 2.81. The summed E-state index contributed by atoms with van der Waals surface area (Å²) >= 11 is 3.62. The Bertz CT molecular complexity index is 565. The minimum atomic E-state index is 0.313. The van der Waals surface area contributed by atoms with Crippen molar-refractivity contribution in [2.75, 3.05) is 0 Å². The van der Waals surface area contributed by atoms with Gasteiger partial charge in [0.05, 0.1) is 6.54 Å². The quantitative estimate of drug-likeness (QED) is 0.876. The zero-order chi connectivity index (χ0) is 14.5. The smallest absolute Gasteiger partial charge is 0.147 e. The molecule has 0 aliphatic rings. The van der Waals surface area contributed by atoms with E-state index in [-0.39, 0.29) is 0 Å². The number of aromatic nitrogens is 3. The Morgan fingerprint density at radius 3 is 2.65 bits per heavy atom. The topological polar surface area (TPSA) is 42.7 Å². The van der Waals surface area contributed by atoms with Crippen molar-refractivity contribution in [3.63, 3.8) is 0 Å². The molecule has 0 bridgehead atoms. The molecule has 0 fully saturated rings. The molecule has 0 unspecified atom stereocenters. The molecule has 0 aliphatic heterocycles. The lowest BCUT2D eigenvalue weighted by Gasteiger charge is -2.18. The van der Waals surface area contributed by atoms with Gasteiger partial charge in [0.2, 0.25) is 0 Å². The largest absolute Gasteiger partial charge is 0.314 e. The molecule has 0 spiro atoms. The number of aryl methyl sites for hydroxylation is 1. The fourth-order valence-electron chi connectivity index (χ4n) is 2.41. The van der Waals surface area contributed by atoms with Crippen LogP contribution in [0.15, 0.2) is 28.7 Å². The van der Waals surface area contributed by atoms with Crippen molar-refractivity contribution in [3.8, 4) is 0 Å². The highest BCUT2D eigenvalue weighted by Crippen LogP contribution is 2.25. The van der Waals surface area contributed by atoms with E-state index in [2.05, 4.69) is 68.1 Å². The van der Waals surface area contributed by atoms with Gasteiger partial charge in [-0.05, 0) is 31.9 Å². The third kappa shape index (κ3) is 3.27. The molecule has 0 saturated carbocycles. The summed E-state index contributed by atoms with van der Waals surface area (Å²) in [5, 5.41) is 12.0. The number of nitrogens with one attached hydrogen (secondary N) is 1. The highest BCUT2D eigenvalue weighted by molar-refractivity contribution is 9.10. The van der Waals surface area contributed by atoms with Gasteiger partial charge in [-0.1, -0.05) is 41.1 Å². The molecule has 0 saturated heterocycles. The molecule has 0 aliphatic carbocycles. The van der Waals surface area contributed by atoms with E-state index in [1.54, 1.807) is 0 Å². The van der Waals surface area contributed by atoms with Crippen molar-refractivity contribution in [2.45, 2.75) is 46.3 Å². The maximum absolute atomic E-state index is 4.25. The molecule has 1 aromatic heterocycles. The second kappa shape index (κ2) is 6.99. The van der Waals surface area contributed by atoms with Crippen molar-refractivity contribution in [3.05, 3.63) is 46.0 Å². The molecule has 2 rings (SSSR count). The van der Waals surface area contributed by atoms with Crippen LogP contribution in [0, 0.1) is 6.92 Å². The first kappa shape index (κ1) is 15.2. The van der Waals surface area contributed by atoms with Crippen molar-refractivity contribution in [1.82, 2.24) is 20.1 Å². The maximum atomic E-state index is 4.25. The minimum Gasteiger partial charge on any atom is -0.314 e. The van der Waals surface area contributed by atoms with Crippen molar-refractivity contribution >= 4 is 15.9 Å². The monoisotopic (exact) mass is 336 g/mol. The van der Waals surface area contributed by atoms with Gasteiger partial charge in [0.1, 0.15) is 11.6 Å². The summed E-state index contributed by atoms with van der Waals surface area (Å²) < 4.78 is 3.28. The molecule has 4 nitrogen and oxygen atoms in total. The first-order chi connectivity index (χ1) is 9.67. The first-order valence-corrected chi connectivity index (χ1v) is 7.83. The summed E-state index contributed by atoms with van der Waals surface area (Å²) in [5.74, 6) is 1.97. The first-order valence-electron chi connectivity index (χ1n) is 7.03. The second-order valence-corrected chi connectivity index (χ2v) is 5.63. The predicted octanol–water partition coefficient (Wildman–Crippen LogP) is 3.61. The molecule has 0 amide bonds. The van der Waals surface area contributed by atoms with Gasteiger partial charge in [0.15, 0.2) is 0 Å². The third-order valence-electron chi connectivity index (χ3n) is 3.52. The number of hydrogen-bond donors (Lipinski definition) is 1. The Morgan fingerprint density at radius 2 is 2.00 bits per heavy atom. The van der Waals surface area contributed by atoms with E-state index >= 15 is 0 Å². The van der Waals surface area contributed by atoms with Crippen LogP contribution < -0.4 is 5.32 Å². The fourth-order valence-corrected chi connectivity index (χ4v) is 2.97. The Balaban J connectivity index is 2.10. The van der Waals surface area contributed by atoms with Crippen LogP contribution in [-0.4, -0.2) is 14.8 Å². The number of rotatable bonds is 6. The summed E-state index contributed by atoms with van der Waals surface area (Å²) in [5.41, 5.74) is 1.29. The maximum Gasteiger partial charge on any atom is 0.147 e. The normalized spacial score (nSPS) is 12.6. The van der Waals surface area contributed by atoms with Crippen LogP contribution >= 0.6 is 15.9 Å². The van der Waals surface area contributed by atoms with E-state index in [0.717, 1.165) is 35.6 Å². The lowest BCUT2D eigenvalue weighted by atomic mass is 10.0. The predicted molar refractivity (Wildman–Crippen MR) is 84.4 cm³/mol. The zero-order valence-electron chi connectivity index (χ0n) is 12.2. The van der Waals surface area contributed by atoms with Gasteiger partial charge in [0, 0.05) is 17.1 Å². The molecule has 5 heteroatoms. The number of benzene rings is 1. The summed E-state index contributed by atoms with van der Waals surface area (Å²) in [4.78, 5) is 0. The van der Waals surface area contributed by atoms with Crippen molar-refractivity contribution in [1.29, 1.82) is 0 Å². The fraction of sp³-hybridized carbons (Fsp3) is 0.467. The van der Waals surface area contributed by atoms with Crippen molar-refractivity contribution in [2.24, 2.45) is 0 Å². The van der Waals surface area contributed by atoms with Gasteiger partial charge in [-0.15, -0.1) is 10.2 Å². The summed E-state index contributed by atoms with van der Waals surface area (Å²) in [6.45, 7) is 7.93. The van der Waals surface area contributed by atoms with Crippen LogP contribution in [0.5, 0.6) is 0 Å². The zero-order valence-corrected chi connectivity index (χ0v) is 13.8. The van der Waals surface area contributed by atoms with E-state index in [4.69, 9.17) is 0 Å². The number of nitrogens with zero attached hydrogens (tertiary/aromatic N) is 3. The van der Waals surface area contributed by atoms with Gasteiger partial charge >= 0.3 is 0 Å². The van der Waals surface area contributed by atoms with E-state index in [1.165, 1.54) is 5.56 Å². The highest BCUT2D eigenvalue weighted by Gasteiger charge is 2.14. The van der Waals surface area contributed by atoms with Crippen LogP contribution in [0.1, 0.15) is 43.5 Å². The van der Waals surface area contributed by atoms with Gasteiger partial charge in [0.25, 0.3) is 0 Å². The average molecular weight is 337 g/mol. The third-order valence-corrected chi connectivity index (χ3v) is 4.25. The molecule has 1 aromatic carbocycles. The Morgan fingerprint density at radius 1 is 1.25 bits per heavy atom. The molecular weight excluding hydrogens is 316 g/mol. The van der Waals surface area contributed by atoms with Gasteiger partial charge in [-0.25, -0.2) is 0 Å². The number of hydrogen-bond acceptors (Lipinski definition) is 3. The lowest BCUT2D eigenvalue weighted by molar-refractivity contribution is 0.494. The van der Waals surface area contributed by atoms with E-state index in [9.17, 15) is 0 Å².